The third kappa shape index (κ3) is 2.81. The molecule has 80 valence electrons. The smallest absolute Gasteiger partial charge is 0.241 e. The lowest BCUT2D eigenvalue weighted by Crippen LogP contribution is -2.18. The Morgan fingerprint density at radius 3 is 2.73 bits per heavy atom. The van der Waals surface area contributed by atoms with E-state index in [1.807, 2.05) is 19.9 Å². The summed E-state index contributed by atoms with van der Waals surface area (Å²) < 4.78 is 1.74. The van der Waals surface area contributed by atoms with Crippen molar-refractivity contribution in [3.05, 3.63) is 12.4 Å². The van der Waals surface area contributed by atoms with Crippen LogP contribution in [0.3, 0.4) is 0 Å². The molecular formula is C10H14N4O. The molecule has 1 heterocycles. The zero-order chi connectivity index (χ0) is 11.4. The first-order chi connectivity index (χ1) is 7.04. The van der Waals surface area contributed by atoms with Crippen LogP contribution >= 0.6 is 0 Å². The summed E-state index contributed by atoms with van der Waals surface area (Å²) in [4.78, 5) is 11.4. The molecule has 1 N–H and O–H groups in total. The number of hydrogen-bond acceptors (Lipinski definition) is 3. The van der Waals surface area contributed by atoms with Crippen molar-refractivity contribution in [1.82, 2.24) is 9.78 Å². The molecule has 1 aromatic heterocycles. The maximum absolute atomic E-state index is 11.4. The molecule has 0 aliphatic rings. The number of nitriles is 1. The van der Waals surface area contributed by atoms with Gasteiger partial charge in [-0.2, -0.15) is 10.4 Å². The molecule has 0 spiro atoms. The van der Waals surface area contributed by atoms with E-state index in [-0.39, 0.29) is 11.9 Å². The summed E-state index contributed by atoms with van der Waals surface area (Å²) in [5.74, 6) is -0.951. The largest absolute Gasteiger partial charge is 0.322 e. The van der Waals surface area contributed by atoms with E-state index < -0.39 is 5.92 Å². The van der Waals surface area contributed by atoms with Gasteiger partial charge in [-0.25, -0.2) is 0 Å². The van der Waals surface area contributed by atoms with E-state index in [0.29, 0.717) is 5.69 Å². The minimum atomic E-state index is -0.646. The van der Waals surface area contributed by atoms with E-state index in [0.717, 1.165) is 0 Å². The summed E-state index contributed by atoms with van der Waals surface area (Å²) in [5.41, 5.74) is 0.621. The standard InChI is InChI=1S/C10H14N4O/c1-7(2)14-6-9(5-12-14)13-10(15)8(3)4-11/h5-8H,1-3H3,(H,13,15). The van der Waals surface area contributed by atoms with Gasteiger partial charge in [0.05, 0.1) is 18.0 Å². The molecule has 0 aromatic carbocycles. The molecule has 0 aliphatic carbocycles. The Kier molecular flexibility index (Phi) is 3.45. The van der Waals surface area contributed by atoms with Crippen LogP contribution in [-0.4, -0.2) is 15.7 Å². The van der Waals surface area contributed by atoms with Crippen LogP contribution in [0.4, 0.5) is 5.69 Å². The molecule has 1 atom stereocenters. The van der Waals surface area contributed by atoms with Crippen LogP contribution < -0.4 is 5.32 Å². The third-order valence-electron chi connectivity index (χ3n) is 1.99. The summed E-state index contributed by atoms with van der Waals surface area (Å²) in [6, 6.07) is 2.13. The lowest BCUT2D eigenvalue weighted by Gasteiger charge is -2.04. The van der Waals surface area contributed by atoms with Crippen molar-refractivity contribution in [2.24, 2.45) is 5.92 Å². The summed E-state index contributed by atoms with van der Waals surface area (Å²) in [6.07, 6.45) is 3.31. The van der Waals surface area contributed by atoms with E-state index in [4.69, 9.17) is 5.26 Å². The lowest BCUT2D eigenvalue weighted by atomic mass is 10.2. The zero-order valence-electron chi connectivity index (χ0n) is 9.06. The Morgan fingerprint density at radius 1 is 1.60 bits per heavy atom. The first-order valence-corrected chi connectivity index (χ1v) is 4.79. The molecule has 0 radical (unpaired) electrons. The molecule has 0 saturated carbocycles. The van der Waals surface area contributed by atoms with Gasteiger partial charge in [-0.15, -0.1) is 0 Å². The van der Waals surface area contributed by atoms with Crippen LogP contribution in [0.2, 0.25) is 0 Å². The molecule has 0 bridgehead atoms. The molecule has 0 saturated heterocycles. The first-order valence-electron chi connectivity index (χ1n) is 4.79. The minimum Gasteiger partial charge on any atom is -0.322 e. The predicted molar refractivity (Wildman–Crippen MR) is 56.0 cm³/mol. The molecule has 0 fully saturated rings. The highest BCUT2D eigenvalue weighted by molar-refractivity contribution is 5.93. The van der Waals surface area contributed by atoms with Gasteiger partial charge in [0, 0.05) is 12.2 Å². The van der Waals surface area contributed by atoms with E-state index in [9.17, 15) is 4.79 Å². The van der Waals surface area contributed by atoms with Gasteiger partial charge >= 0.3 is 0 Å². The number of hydrogen-bond donors (Lipinski definition) is 1. The van der Waals surface area contributed by atoms with Crippen molar-refractivity contribution in [2.75, 3.05) is 5.32 Å². The molecule has 1 unspecified atom stereocenters. The van der Waals surface area contributed by atoms with Crippen molar-refractivity contribution in [1.29, 1.82) is 5.26 Å². The average Bonchev–Trinajstić information content (AvgIpc) is 2.65. The second-order valence-corrected chi connectivity index (χ2v) is 3.64. The lowest BCUT2D eigenvalue weighted by molar-refractivity contribution is -0.117. The number of anilines is 1. The van der Waals surface area contributed by atoms with Gasteiger partial charge in [0.25, 0.3) is 0 Å². The van der Waals surface area contributed by atoms with Gasteiger partial charge in [0.1, 0.15) is 5.92 Å². The van der Waals surface area contributed by atoms with Crippen LogP contribution in [0.25, 0.3) is 0 Å². The van der Waals surface area contributed by atoms with Gasteiger partial charge in [0.15, 0.2) is 0 Å². The van der Waals surface area contributed by atoms with E-state index in [1.54, 1.807) is 24.0 Å². The molecular weight excluding hydrogens is 192 g/mol. The fourth-order valence-corrected chi connectivity index (χ4v) is 0.994. The molecule has 1 amide bonds. The van der Waals surface area contributed by atoms with Crippen LogP contribution in [0.5, 0.6) is 0 Å². The van der Waals surface area contributed by atoms with Crippen LogP contribution in [-0.2, 0) is 4.79 Å². The van der Waals surface area contributed by atoms with Crippen LogP contribution in [0.15, 0.2) is 12.4 Å². The van der Waals surface area contributed by atoms with Crippen LogP contribution in [0, 0.1) is 17.2 Å². The summed E-state index contributed by atoms with van der Waals surface area (Å²) in [6.45, 7) is 5.55. The number of carbonyl (C=O) groups excluding carboxylic acids is 1. The van der Waals surface area contributed by atoms with Gasteiger partial charge in [-0.3, -0.25) is 9.48 Å². The fourth-order valence-electron chi connectivity index (χ4n) is 0.994. The second-order valence-electron chi connectivity index (χ2n) is 3.64. The third-order valence-corrected chi connectivity index (χ3v) is 1.99. The van der Waals surface area contributed by atoms with Crippen molar-refractivity contribution < 1.29 is 4.79 Å². The quantitative estimate of drug-likeness (QED) is 0.815. The summed E-state index contributed by atoms with van der Waals surface area (Å²) >= 11 is 0. The number of nitrogens with one attached hydrogen (secondary N) is 1. The number of aromatic nitrogens is 2. The Morgan fingerprint density at radius 2 is 2.27 bits per heavy atom. The molecule has 0 aliphatic heterocycles. The zero-order valence-corrected chi connectivity index (χ0v) is 9.06. The van der Waals surface area contributed by atoms with Crippen molar-refractivity contribution >= 4 is 11.6 Å². The average molecular weight is 206 g/mol. The number of nitrogens with zero attached hydrogens (tertiary/aromatic N) is 3. The Balaban J connectivity index is 2.66. The monoisotopic (exact) mass is 206 g/mol. The number of rotatable bonds is 3. The molecule has 15 heavy (non-hydrogen) atoms. The predicted octanol–water partition coefficient (Wildman–Crippen LogP) is 1.56. The molecule has 5 nitrogen and oxygen atoms in total. The number of carbonyl (C=O) groups is 1. The molecule has 5 heteroatoms. The topological polar surface area (TPSA) is 70.7 Å². The number of amides is 1. The van der Waals surface area contributed by atoms with Gasteiger partial charge in [0.2, 0.25) is 5.91 Å². The highest BCUT2D eigenvalue weighted by Gasteiger charge is 2.12. The summed E-state index contributed by atoms with van der Waals surface area (Å²) in [7, 11) is 0. The maximum Gasteiger partial charge on any atom is 0.241 e. The highest BCUT2D eigenvalue weighted by atomic mass is 16.1. The minimum absolute atomic E-state index is 0.254. The SMILES string of the molecule is CC(C#N)C(=O)Nc1cnn(C(C)C)c1. The van der Waals surface area contributed by atoms with Crippen molar-refractivity contribution in [3.8, 4) is 6.07 Å². The van der Waals surface area contributed by atoms with Gasteiger partial charge < -0.3 is 5.32 Å². The highest BCUT2D eigenvalue weighted by Crippen LogP contribution is 2.10. The van der Waals surface area contributed by atoms with Crippen molar-refractivity contribution in [2.45, 2.75) is 26.8 Å². The first kappa shape index (κ1) is 11.2. The Bertz CT molecular complexity index is 388. The Labute approximate surface area is 88.7 Å². The normalized spacial score (nSPS) is 12.2. The molecule has 1 aromatic rings. The van der Waals surface area contributed by atoms with Gasteiger partial charge in [-0.1, -0.05) is 0 Å². The van der Waals surface area contributed by atoms with Crippen LogP contribution in [0.1, 0.15) is 26.8 Å². The summed E-state index contributed by atoms with van der Waals surface area (Å²) in [5, 5.41) is 15.2. The molecule has 1 rings (SSSR count). The maximum atomic E-state index is 11.4. The second kappa shape index (κ2) is 4.60. The van der Waals surface area contributed by atoms with E-state index in [2.05, 4.69) is 10.4 Å². The van der Waals surface area contributed by atoms with E-state index >= 15 is 0 Å². The van der Waals surface area contributed by atoms with Crippen molar-refractivity contribution in [3.63, 3.8) is 0 Å². The van der Waals surface area contributed by atoms with E-state index in [1.165, 1.54) is 0 Å². The fraction of sp³-hybridized carbons (Fsp3) is 0.500. The van der Waals surface area contributed by atoms with Gasteiger partial charge in [-0.05, 0) is 20.8 Å². The Hall–Kier alpha value is -1.83.